The molecule has 10 nitrogen and oxygen atoms in total. The molecule has 3 rings (SSSR count). The second-order valence-corrected chi connectivity index (χ2v) is 7.91. The van der Waals surface area contributed by atoms with Crippen molar-refractivity contribution in [2.75, 3.05) is 42.6 Å². The number of nitrogens with two attached hydrogens (primary N) is 1. The molecule has 1 heterocycles. The number of ether oxygens (including phenoxy) is 1. The average molecular weight is 453 g/mol. The summed E-state index contributed by atoms with van der Waals surface area (Å²) in [7, 11) is -4.64. The van der Waals surface area contributed by atoms with Crippen molar-refractivity contribution in [3.05, 3.63) is 60.2 Å². The second kappa shape index (κ2) is 11.9. The molecule has 1 atom stereocenters. The molecule has 0 spiro atoms. The van der Waals surface area contributed by atoms with Crippen LogP contribution in [-0.4, -0.2) is 64.6 Å². The highest BCUT2D eigenvalue weighted by Gasteiger charge is 2.20. The molecule has 2 aromatic carbocycles. The molecule has 6 N–H and O–H groups in total. The normalized spacial score (nSPS) is 15.1. The lowest BCUT2D eigenvalue weighted by atomic mass is 10.1. The summed E-state index contributed by atoms with van der Waals surface area (Å²) in [5.41, 5.74) is 8.59. The fraction of sp³-hybridized carbons (Fsp3) is 0.350. The molecule has 2 aromatic rings. The maximum Gasteiger partial charge on any atom is 0.466 e. The molecule has 170 valence electrons. The molecule has 1 fully saturated rings. The molecule has 1 amide bonds. The number of aliphatic hydroxyl groups excluding tert-OH is 1. The zero-order chi connectivity index (χ0) is 22.9. The molecule has 31 heavy (non-hydrogen) atoms. The highest BCUT2D eigenvalue weighted by atomic mass is 31.2. The van der Waals surface area contributed by atoms with E-state index in [4.69, 9.17) is 29.7 Å². The number of morpholine rings is 1. The summed E-state index contributed by atoms with van der Waals surface area (Å²) in [4.78, 5) is 37.4. The molecule has 11 heteroatoms. The van der Waals surface area contributed by atoms with Gasteiger partial charge in [0, 0.05) is 37.6 Å². The van der Waals surface area contributed by atoms with Gasteiger partial charge in [0.2, 0.25) is 0 Å². The van der Waals surface area contributed by atoms with Crippen LogP contribution in [0.4, 0.5) is 11.4 Å². The third-order valence-electron chi connectivity index (χ3n) is 4.43. The predicted octanol–water partition coefficient (Wildman–Crippen LogP) is 0.447. The van der Waals surface area contributed by atoms with Crippen molar-refractivity contribution in [3.63, 3.8) is 0 Å². The standard InChI is InChI=1S/C20H25N3O3.H3O4P/c21-12-19(24)14-22(13-16-4-2-1-3-5-16)17-6-8-18(9-7-17)23-10-11-26-15-20(23)25;1-5(2,3)4/h1-9,19,24H,10-15,21H2;(H3,1,2,3,4). The van der Waals surface area contributed by atoms with Crippen molar-refractivity contribution in [1.82, 2.24) is 0 Å². The van der Waals surface area contributed by atoms with Crippen LogP contribution in [0.3, 0.4) is 0 Å². The first-order valence-corrected chi connectivity index (χ1v) is 11.2. The first-order valence-electron chi connectivity index (χ1n) is 9.61. The van der Waals surface area contributed by atoms with Crippen LogP contribution in [0.2, 0.25) is 0 Å². The zero-order valence-corrected chi connectivity index (χ0v) is 17.8. The van der Waals surface area contributed by atoms with Gasteiger partial charge in [0.05, 0.1) is 12.7 Å². The van der Waals surface area contributed by atoms with Gasteiger partial charge in [0.15, 0.2) is 0 Å². The number of anilines is 2. The maximum atomic E-state index is 12.0. The lowest BCUT2D eigenvalue weighted by Crippen LogP contribution is -2.41. The smallest absolute Gasteiger partial charge is 0.390 e. The number of amides is 1. The van der Waals surface area contributed by atoms with E-state index in [1.54, 1.807) is 4.90 Å². The molecule has 0 bridgehead atoms. The van der Waals surface area contributed by atoms with Crippen LogP contribution in [-0.2, 0) is 20.6 Å². The van der Waals surface area contributed by atoms with Gasteiger partial charge in [-0.2, -0.15) is 0 Å². The lowest BCUT2D eigenvalue weighted by Gasteiger charge is -2.29. The minimum absolute atomic E-state index is 0.0244. The van der Waals surface area contributed by atoms with E-state index in [2.05, 4.69) is 17.0 Å². The number of benzene rings is 2. The van der Waals surface area contributed by atoms with Gasteiger partial charge >= 0.3 is 7.82 Å². The van der Waals surface area contributed by atoms with E-state index in [1.807, 2.05) is 42.5 Å². The number of nitrogens with zero attached hydrogens (tertiary/aromatic N) is 2. The summed E-state index contributed by atoms with van der Waals surface area (Å²) in [6, 6.07) is 17.9. The van der Waals surface area contributed by atoms with Gasteiger partial charge in [0.1, 0.15) is 6.61 Å². The molecule has 0 aromatic heterocycles. The van der Waals surface area contributed by atoms with Crippen LogP contribution in [0.1, 0.15) is 5.56 Å². The first-order chi connectivity index (χ1) is 14.7. The van der Waals surface area contributed by atoms with Crippen molar-refractivity contribution in [2.24, 2.45) is 5.73 Å². The third kappa shape index (κ3) is 9.16. The number of carbonyl (C=O) groups is 1. The van der Waals surface area contributed by atoms with Gasteiger partial charge in [-0.05, 0) is 29.8 Å². The zero-order valence-electron chi connectivity index (χ0n) is 16.9. The van der Waals surface area contributed by atoms with E-state index in [1.165, 1.54) is 0 Å². The minimum Gasteiger partial charge on any atom is -0.390 e. The summed E-state index contributed by atoms with van der Waals surface area (Å²) in [6.07, 6.45) is -0.598. The van der Waals surface area contributed by atoms with Crippen LogP contribution >= 0.6 is 7.82 Å². The Morgan fingerprint density at radius 1 is 1.10 bits per heavy atom. The molecular weight excluding hydrogens is 425 g/mol. The molecule has 1 aliphatic heterocycles. The SMILES string of the molecule is NCC(O)CN(Cc1ccccc1)c1ccc(N2CCOCC2=O)cc1.O=P(O)(O)O. The Bertz CT molecular complexity index is 853. The van der Waals surface area contributed by atoms with Gasteiger partial charge in [0.25, 0.3) is 5.91 Å². The second-order valence-electron chi connectivity index (χ2n) is 6.88. The van der Waals surface area contributed by atoms with Crippen molar-refractivity contribution in [2.45, 2.75) is 12.6 Å². The van der Waals surface area contributed by atoms with E-state index in [0.717, 1.165) is 16.9 Å². The fourth-order valence-corrected chi connectivity index (χ4v) is 3.03. The van der Waals surface area contributed by atoms with Crippen LogP contribution in [0.15, 0.2) is 54.6 Å². The Morgan fingerprint density at radius 2 is 1.71 bits per heavy atom. The van der Waals surface area contributed by atoms with Crippen molar-refractivity contribution >= 4 is 25.1 Å². The summed E-state index contributed by atoms with van der Waals surface area (Å²) in [6.45, 7) is 2.58. The molecule has 1 aliphatic rings. The van der Waals surface area contributed by atoms with E-state index in [0.29, 0.717) is 26.2 Å². The minimum atomic E-state index is -4.64. The summed E-state index contributed by atoms with van der Waals surface area (Å²) in [5.74, 6) is -0.0244. The summed E-state index contributed by atoms with van der Waals surface area (Å²) >= 11 is 0. The van der Waals surface area contributed by atoms with Crippen LogP contribution in [0, 0.1) is 0 Å². The molecule has 0 saturated carbocycles. The Hall–Kier alpha value is -2.30. The quantitative estimate of drug-likeness (QED) is 0.376. The van der Waals surface area contributed by atoms with E-state index >= 15 is 0 Å². The number of phosphoric acid groups is 1. The van der Waals surface area contributed by atoms with Crippen molar-refractivity contribution in [3.8, 4) is 0 Å². The monoisotopic (exact) mass is 453 g/mol. The predicted molar refractivity (Wildman–Crippen MR) is 116 cm³/mol. The Balaban J connectivity index is 0.000000614. The van der Waals surface area contributed by atoms with Gasteiger partial charge in [-0.25, -0.2) is 4.57 Å². The topological polar surface area (TPSA) is 157 Å². The molecule has 0 radical (unpaired) electrons. The van der Waals surface area contributed by atoms with Gasteiger partial charge in [-0.15, -0.1) is 0 Å². The highest BCUT2D eigenvalue weighted by Crippen LogP contribution is 2.26. The van der Waals surface area contributed by atoms with Gasteiger partial charge in [-0.1, -0.05) is 30.3 Å². The Labute approximate surface area is 180 Å². The largest absolute Gasteiger partial charge is 0.466 e. The average Bonchev–Trinajstić information content (AvgIpc) is 2.73. The fourth-order valence-electron chi connectivity index (χ4n) is 3.03. The van der Waals surface area contributed by atoms with Crippen molar-refractivity contribution in [1.29, 1.82) is 0 Å². The van der Waals surface area contributed by atoms with E-state index < -0.39 is 13.9 Å². The first kappa shape index (κ1) is 25.0. The lowest BCUT2D eigenvalue weighted by molar-refractivity contribution is -0.125. The Kier molecular flexibility index (Phi) is 9.60. The number of hydrogen-bond donors (Lipinski definition) is 5. The summed E-state index contributed by atoms with van der Waals surface area (Å²) < 4.78 is 14.1. The van der Waals surface area contributed by atoms with Gasteiger partial charge in [-0.3, -0.25) is 4.79 Å². The summed E-state index contributed by atoms with van der Waals surface area (Å²) in [5, 5.41) is 10.0. The number of hydrogen-bond acceptors (Lipinski definition) is 6. The number of carbonyl (C=O) groups excluding carboxylic acids is 1. The van der Waals surface area contributed by atoms with Crippen LogP contribution < -0.4 is 15.5 Å². The third-order valence-corrected chi connectivity index (χ3v) is 4.43. The highest BCUT2D eigenvalue weighted by molar-refractivity contribution is 7.45. The Morgan fingerprint density at radius 3 is 2.26 bits per heavy atom. The van der Waals surface area contributed by atoms with Crippen molar-refractivity contribution < 1.29 is 33.9 Å². The maximum absolute atomic E-state index is 12.0. The van der Waals surface area contributed by atoms with Crippen LogP contribution in [0.25, 0.3) is 0 Å². The molecular formula is C20H28N3O7P. The molecule has 1 saturated heterocycles. The van der Waals surface area contributed by atoms with Gasteiger partial charge < -0.3 is 40.1 Å². The van der Waals surface area contributed by atoms with E-state index in [-0.39, 0.29) is 19.1 Å². The number of rotatable bonds is 7. The molecule has 0 aliphatic carbocycles. The van der Waals surface area contributed by atoms with E-state index in [9.17, 15) is 9.90 Å². The molecule has 1 unspecified atom stereocenters. The number of aliphatic hydroxyl groups is 1. The van der Waals surface area contributed by atoms with Crippen LogP contribution in [0.5, 0.6) is 0 Å².